The van der Waals surface area contributed by atoms with Crippen molar-refractivity contribution < 1.29 is 4.79 Å². The molecule has 0 bridgehead atoms. The quantitative estimate of drug-likeness (QED) is 0.889. The summed E-state index contributed by atoms with van der Waals surface area (Å²) in [5.41, 5.74) is 3.91. The van der Waals surface area contributed by atoms with Crippen LogP contribution in [-0.4, -0.2) is 16.4 Å². The number of carbonyl (C=O) groups is 1. The first-order chi connectivity index (χ1) is 8.94. The van der Waals surface area contributed by atoms with Crippen molar-refractivity contribution in [3.05, 3.63) is 34.9 Å². The van der Waals surface area contributed by atoms with Crippen LogP contribution in [0.5, 0.6) is 0 Å². The van der Waals surface area contributed by atoms with E-state index in [0.29, 0.717) is 12.3 Å². The van der Waals surface area contributed by atoms with E-state index in [4.69, 9.17) is 0 Å². The lowest BCUT2D eigenvalue weighted by Crippen LogP contribution is -2.26. The van der Waals surface area contributed by atoms with Crippen molar-refractivity contribution >= 4 is 17.7 Å². The number of amides is 1. The molecule has 3 nitrogen and oxygen atoms in total. The maximum Gasteiger partial charge on any atom is 0.230 e. The van der Waals surface area contributed by atoms with Gasteiger partial charge in [0.05, 0.1) is 5.75 Å². The molecule has 19 heavy (non-hydrogen) atoms. The van der Waals surface area contributed by atoms with Gasteiger partial charge in [0, 0.05) is 24.4 Å². The van der Waals surface area contributed by atoms with Gasteiger partial charge in [-0.25, -0.2) is 0 Å². The average molecular weight is 278 g/mol. The van der Waals surface area contributed by atoms with Gasteiger partial charge in [0.25, 0.3) is 0 Å². The molecule has 1 aliphatic heterocycles. The predicted molar refractivity (Wildman–Crippen MR) is 81.0 cm³/mol. The van der Waals surface area contributed by atoms with Crippen LogP contribution in [0, 0.1) is 0 Å². The summed E-state index contributed by atoms with van der Waals surface area (Å²) in [5, 5.41) is 6.31. The van der Waals surface area contributed by atoms with E-state index >= 15 is 0 Å². The van der Waals surface area contributed by atoms with Gasteiger partial charge in [0.2, 0.25) is 5.91 Å². The number of benzene rings is 1. The molecule has 4 heteroatoms. The predicted octanol–water partition coefficient (Wildman–Crippen LogP) is 2.44. The van der Waals surface area contributed by atoms with Crippen LogP contribution in [0.15, 0.2) is 18.2 Å². The highest BCUT2D eigenvalue weighted by molar-refractivity contribution is 8.01. The summed E-state index contributed by atoms with van der Waals surface area (Å²) >= 11 is 1.67. The maximum absolute atomic E-state index is 11.8. The fourth-order valence-corrected chi connectivity index (χ4v) is 2.66. The normalized spacial score (nSPS) is 14.3. The molecule has 0 saturated carbocycles. The third-order valence-electron chi connectivity index (χ3n) is 3.03. The molecule has 0 unspecified atom stereocenters. The van der Waals surface area contributed by atoms with Crippen molar-refractivity contribution in [2.75, 3.05) is 5.75 Å². The Kier molecular flexibility index (Phi) is 4.53. The van der Waals surface area contributed by atoms with Crippen molar-refractivity contribution in [2.45, 2.75) is 45.2 Å². The molecule has 2 N–H and O–H groups in total. The standard InChI is InChI=1S/C15H22N2OS/c1-15(2,3)19-10-14(18)17-7-11-4-5-12-8-16-9-13(12)6-11/h4-6,16H,7-10H2,1-3H3,(H,17,18). The minimum Gasteiger partial charge on any atom is -0.351 e. The molecule has 1 aliphatic rings. The number of rotatable bonds is 4. The Morgan fingerprint density at radius 1 is 1.32 bits per heavy atom. The van der Waals surface area contributed by atoms with Crippen molar-refractivity contribution in [2.24, 2.45) is 0 Å². The van der Waals surface area contributed by atoms with Gasteiger partial charge in [-0.05, 0) is 16.7 Å². The molecule has 0 fully saturated rings. The fourth-order valence-electron chi connectivity index (χ4n) is 1.99. The summed E-state index contributed by atoms with van der Waals surface area (Å²) in [6.07, 6.45) is 0. The summed E-state index contributed by atoms with van der Waals surface area (Å²) in [6, 6.07) is 6.44. The number of hydrogen-bond donors (Lipinski definition) is 2. The van der Waals surface area contributed by atoms with Crippen molar-refractivity contribution in [1.82, 2.24) is 10.6 Å². The second kappa shape index (κ2) is 5.97. The maximum atomic E-state index is 11.8. The smallest absolute Gasteiger partial charge is 0.230 e. The average Bonchev–Trinajstić information content (AvgIpc) is 2.80. The zero-order valence-electron chi connectivity index (χ0n) is 11.9. The molecule has 1 aromatic rings. The summed E-state index contributed by atoms with van der Waals surface area (Å²) in [4.78, 5) is 11.8. The van der Waals surface area contributed by atoms with Gasteiger partial charge in [-0.3, -0.25) is 4.79 Å². The Morgan fingerprint density at radius 2 is 2.05 bits per heavy atom. The van der Waals surface area contributed by atoms with Crippen LogP contribution < -0.4 is 10.6 Å². The number of thioether (sulfide) groups is 1. The summed E-state index contributed by atoms with van der Waals surface area (Å²) in [7, 11) is 0. The molecule has 0 spiro atoms. The molecule has 0 radical (unpaired) electrons. The Morgan fingerprint density at radius 3 is 2.79 bits per heavy atom. The second-order valence-corrected chi connectivity index (χ2v) is 7.69. The first-order valence-electron chi connectivity index (χ1n) is 6.66. The van der Waals surface area contributed by atoms with Crippen molar-refractivity contribution in [1.29, 1.82) is 0 Å². The second-order valence-electron chi connectivity index (χ2n) is 5.88. The summed E-state index contributed by atoms with van der Waals surface area (Å²) in [6.45, 7) is 8.90. The van der Waals surface area contributed by atoms with Crippen LogP contribution in [0.1, 0.15) is 37.5 Å². The van der Waals surface area contributed by atoms with E-state index in [9.17, 15) is 4.79 Å². The summed E-state index contributed by atoms with van der Waals surface area (Å²) in [5.74, 6) is 0.634. The van der Waals surface area contributed by atoms with Crippen molar-refractivity contribution in [3.8, 4) is 0 Å². The largest absolute Gasteiger partial charge is 0.351 e. The highest BCUT2D eigenvalue weighted by atomic mass is 32.2. The minimum atomic E-state index is 0.110. The van der Waals surface area contributed by atoms with Crippen LogP contribution in [0.25, 0.3) is 0 Å². The molecule has 104 valence electrons. The number of carbonyl (C=O) groups excluding carboxylic acids is 1. The van der Waals surface area contributed by atoms with Crippen LogP contribution in [0.2, 0.25) is 0 Å². The van der Waals surface area contributed by atoms with E-state index in [-0.39, 0.29) is 10.7 Å². The lowest BCUT2D eigenvalue weighted by Gasteiger charge is -2.17. The first kappa shape index (κ1) is 14.4. The van der Waals surface area contributed by atoms with Crippen molar-refractivity contribution in [3.63, 3.8) is 0 Å². The highest BCUT2D eigenvalue weighted by Crippen LogP contribution is 2.22. The molecule has 0 aromatic heterocycles. The minimum absolute atomic E-state index is 0.110. The van der Waals surface area contributed by atoms with Gasteiger partial charge >= 0.3 is 0 Å². The van der Waals surface area contributed by atoms with Gasteiger partial charge in [0.15, 0.2) is 0 Å². The van der Waals surface area contributed by atoms with E-state index < -0.39 is 0 Å². The third-order valence-corrected chi connectivity index (χ3v) is 4.30. The van der Waals surface area contributed by atoms with Crippen LogP contribution in [0.3, 0.4) is 0 Å². The van der Waals surface area contributed by atoms with E-state index in [1.165, 1.54) is 16.7 Å². The molecule has 2 rings (SSSR count). The molecular weight excluding hydrogens is 256 g/mol. The van der Waals surface area contributed by atoms with Gasteiger partial charge < -0.3 is 10.6 Å². The third kappa shape index (κ3) is 4.55. The monoisotopic (exact) mass is 278 g/mol. The first-order valence-corrected chi connectivity index (χ1v) is 7.65. The Hall–Kier alpha value is -1.00. The topological polar surface area (TPSA) is 41.1 Å². The molecule has 1 amide bonds. The molecule has 0 saturated heterocycles. The van der Waals surface area contributed by atoms with Gasteiger partial charge in [-0.15, -0.1) is 11.8 Å². The molecular formula is C15H22N2OS. The van der Waals surface area contributed by atoms with Gasteiger partial charge in [-0.2, -0.15) is 0 Å². The molecule has 1 heterocycles. The Bertz CT molecular complexity index is 466. The van der Waals surface area contributed by atoms with E-state index in [1.54, 1.807) is 11.8 Å². The van der Waals surface area contributed by atoms with E-state index in [2.05, 4.69) is 49.6 Å². The molecule has 0 aliphatic carbocycles. The van der Waals surface area contributed by atoms with E-state index in [0.717, 1.165) is 13.1 Å². The zero-order chi connectivity index (χ0) is 13.9. The molecule has 0 atom stereocenters. The lowest BCUT2D eigenvalue weighted by atomic mass is 10.1. The number of nitrogens with one attached hydrogen (secondary N) is 2. The molecule has 1 aromatic carbocycles. The van der Waals surface area contributed by atoms with Crippen LogP contribution in [-0.2, 0) is 24.4 Å². The summed E-state index contributed by atoms with van der Waals surface area (Å²) < 4.78 is 0.135. The zero-order valence-corrected chi connectivity index (χ0v) is 12.7. The van der Waals surface area contributed by atoms with Gasteiger partial charge in [-0.1, -0.05) is 39.0 Å². The van der Waals surface area contributed by atoms with Crippen LogP contribution >= 0.6 is 11.8 Å². The number of hydrogen-bond acceptors (Lipinski definition) is 3. The van der Waals surface area contributed by atoms with Gasteiger partial charge in [0.1, 0.15) is 0 Å². The van der Waals surface area contributed by atoms with Crippen LogP contribution in [0.4, 0.5) is 0 Å². The SMILES string of the molecule is CC(C)(C)SCC(=O)NCc1ccc2c(c1)CNC2. The lowest BCUT2D eigenvalue weighted by molar-refractivity contribution is -0.118. The number of fused-ring (bicyclic) bond motifs is 1. The Labute approximate surface area is 119 Å². The highest BCUT2D eigenvalue weighted by Gasteiger charge is 2.14. The Balaban J connectivity index is 1.81. The van der Waals surface area contributed by atoms with E-state index in [1.807, 2.05) is 0 Å². The fraction of sp³-hybridized carbons (Fsp3) is 0.533.